The van der Waals surface area contributed by atoms with Crippen molar-refractivity contribution < 1.29 is 0 Å². The minimum absolute atomic E-state index is 0.781. The number of nitrogens with two attached hydrogens (primary N) is 1. The number of hydrogen-bond acceptors (Lipinski definition) is 2. The van der Waals surface area contributed by atoms with E-state index in [-0.39, 0.29) is 0 Å². The van der Waals surface area contributed by atoms with Crippen molar-refractivity contribution in [3.8, 4) is 0 Å². The summed E-state index contributed by atoms with van der Waals surface area (Å²) in [6.45, 7) is 3.95. The molecule has 0 aliphatic rings. The van der Waals surface area contributed by atoms with Gasteiger partial charge < -0.3 is 10.7 Å². The number of imidazole rings is 1. The molecule has 1 heterocycles. The number of aromatic nitrogens is 2. The number of nitrogens with zero attached hydrogens (tertiary/aromatic N) is 1. The van der Waals surface area contributed by atoms with Crippen molar-refractivity contribution >= 4 is 16.7 Å². The van der Waals surface area contributed by atoms with Gasteiger partial charge in [0, 0.05) is 5.69 Å². The summed E-state index contributed by atoms with van der Waals surface area (Å²) in [6, 6.07) is 3.84. The van der Waals surface area contributed by atoms with E-state index < -0.39 is 0 Å². The predicted octanol–water partition coefficient (Wildman–Crippen LogP) is 1.76. The van der Waals surface area contributed by atoms with Crippen LogP contribution in [0.3, 0.4) is 0 Å². The second kappa shape index (κ2) is 2.24. The van der Waals surface area contributed by atoms with Crippen LogP contribution in [0.15, 0.2) is 12.1 Å². The highest BCUT2D eigenvalue weighted by Gasteiger charge is 2.02. The van der Waals surface area contributed by atoms with E-state index >= 15 is 0 Å². The summed E-state index contributed by atoms with van der Waals surface area (Å²) in [6.07, 6.45) is 0. The van der Waals surface area contributed by atoms with Crippen LogP contribution in [0, 0.1) is 13.8 Å². The Hall–Kier alpha value is -1.51. The summed E-state index contributed by atoms with van der Waals surface area (Å²) in [5, 5.41) is 0. The smallest absolute Gasteiger partial charge is 0.104 e. The van der Waals surface area contributed by atoms with Crippen molar-refractivity contribution in [3.63, 3.8) is 0 Å². The van der Waals surface area contributed by atoms with Gasteiger partial charge in [-0.2, -0.15) is 0 Å². The molecule has 0 unspecified atom stereocenters. The monoisotopic (exact) mass is 161 g/mol. The molecule has 3 nitrogen and oxygen atoms in total. The minimum Gasteiger partial charge on any atom is -0.399 e. The molecule has 0 atom stereocenters. The molecule has 1 aromatic heterocycles. The molecule has 0 fully saturated rings. The first-order valence-corrected chi connectivity index (χ1v) is 3.89. The second-order valence-corrected chi connectivity index (χ2v) is 3.06. The van der Waals surface area contributed by atoms with Gasteiger partial charge in [-0.25, -0.2) is 4.98 Å². The fourth-order valence-electron chi connectivity index (χ4n) is 1.44. The summed E-state index contributed by atoms with van der Waals surface area (Å²) in [4.78, 5) is 7.49. The molecule has 3 N–H and O–H groups in total. The summed E-state index contributed by atoms with van der Waals surface area (Å²) in [5.74, 6) is 0.929. The fraction of sp³-hybridized carbons (Fsp3) is 0.222. The van der Waals surface area contributed by atoms with Gasteiger partial charge in [-0.15, -0.1) is 0 Å². The summed E-state index contributed by atoms with van der Waals surface area (Å²) in [7, 11) is 0. The third-order valence-corrected chi connectivity index (χ3v) is 1.92. The Labute approximate surface area is 70.6 Å². The maximum Gasteiger partial charge on any atom is 0.104 e. The van der Waals surface area contributed by atoms with Crippen LogP contribution in [0.4, 0.5) is 5.69 Å². The van der Waals surface area contributed by atoms with Crippen molar-refractivity contribution in [1.29, 1.82) is 0 Å². The number of aryl methyl sites for hydroxylation is 2. The van der Waals surface area contributed by atoms with Crippen LogP contribution in [0.25, 0.3) is 11.0 Å². The summed E-state index contributed by atoms with van der Waals surface area (Å²) < 4.78 is 0. The summed E-state index contributed by atoms with van der Waals surface area (Å²) >= 11 is 0. The SMILES string of the molecule is Cc1nc2c(C)cc(N)cc2[nH]1. The number of nitrogen functional groups attached to an aromatic ring is 1. The van der Waals surface area contributed by atoms with Crippen LogP contribution in [0.5, 0.6) is 0 Å². The average molecular weight is 161 g/mol. The highest BCUT2D eigenvalue weighted by molar-refractivity contribution is 5.82. The maximum atomic E-state index is 5.69. The first-order valence-electron chi connectivity index (χ1n) is 3.89. The van der Waals surface area contributed by atoms with Crippen LogP contribution >= 0.6 is 0 Å². The molecule has 0 saturated heterocycles. The Bertz CT molecular complexity index is 429. The number of hydrogen-bond donors (Lipinski definition) is 2. The number of rotatable bonds is 0. The number of fused-ring (bicyclic) bond motifs is 1. The van der Waals surface area contributed by atoms with E-state index in [0.29, 0.717) is 0 Å². The van der Waals surface area contributed by atoms with Gasteiger partial charge in [0.2, 0.25) is 0 Å². The molecule has 0 aliphatic carbocycles. The first kappa shape index (κ1) is 7.16. The van der Waals surface area contributed by atoms with Crippen LogP contribution in [-0.2, 0) is 0 Å². The molecule has 0 radical (unpaired) electrons. The molecule has 0 amide bonds. The van der Waals surface area contributed by atoms with E-state index in [1.807, 2.05) is 26.0 Å². The Kier molecular flexibility index (Phi) is 1.33. The Balaban J connectivity index is 2.88. The van der Waals surface area contributed by atoms with Crippen molar-refractivity contribution in [2.45, 2.75) is 13.8 Å². The molecule has 12 heavy (non-hydrogen) atoms. The minimum atomic E-state index is 0.781. The van der Waals surface area contributed by atoms with E-state index in [0.717, 1.165) is 28.1 Å². The van der Waals surface area contributed by atoms with Crippen LogP contribution in [-0.4, -0.2) is 9.97 Å². The third-order valence-electron chi connectivity index (χ3n) is 1.92. The Morgan fingerprint density at radius 2 is 2.08 bits per heavy atom. The molecule has 62 valence electrons. The van der Waals surface area contributed by atoms with E-state index in [1.54, 1.807) is 0 Å². The zero-order valence-electron chi connectivity index (χ0n) is 7.18. The zero-order chi connectivity index (χ0) is 8.72. The quantitative estimate of drug-likeness (QED) is 0.578. The molecule has 3 heteroatoms. The van der Waals surface area contributed by atoms with Gasteiger partial charge in [-0.1, -0.05) is 0 Å². The first-order chi connectivity index (χ1) is 5.66. The van der Waals surface area contributed by atoms with Gasteiger partial charge in [-0.3, -0.25) is 0 Å². The van der Waals surface area contributed by atoms with E-state index in [4.69, 9.17) is 5.73 Å². The van der Waals surface area contributed by atoms with Gasteiger partial charge in [-0.05, 0) is 31.5 Å². The van der Waals surface area contributed by atoms with E-state index in [1.165, 1.54) is 0 Å². The van der Waals surface area contributed by atoms with E-state index in [2.05, 4.69) is 9.97 Å². The molecule has 0 bridgehead atoms. The lowest BCUT2D eigenvalue weighted by molar-refractivity contribution is 1.17. The Morgan fingerprint density at radius 1 is 1.33 bits per heavy atom. The number of nitrogens with one attached hydrogen (secondary N) is 1. The third kappa shape index (κ3) is 0.942. The number of anilines is 1. The van der Waals surface area contributed by atoms with Gasteiger partial charge >= 0.3 is 0 Å². The maximum absolute atomic E-state index is 5.69. The molecule has 1 aromatic carbocycles. The molecule has 2 rings (SSSR count). The number of aromatic amines is 1. The van der Waals surface area contributed by atoms with E-state index in [9.17, 15) is 0 Å². The lowest BCUT2D eigenvalue weighted by Gasteiger charge is -1.96. The summed E-state index contributed by atoms with van der Waals surface area (Å²) in [5.41, 5.74) is 9.62. The normalized spacial score (nSPS) is 10.8. The predicted molar refractivity (Wildman–Crippen MR) is 50.0 cm³/mol. The topological polar surface area (TPSA) is 54.7 Å². The standard InChI is InChI=1S/C9H11N3/c1-5-3-7(10)4-8-9(5)12-6(2)11-8/h3-4H,10H2,1-2H3,(H,11,12). The number of benzene rings is 1. The molecule has 2 aromatic rings. The molecule has 0 spiro atoms. The lowest BCUT2D eigenvalue weighted by atomic mass is 10.2. The molecule has 0 aliphatic heterocycles. The van der Waals surface area contributed by atoms with Gasteiger partial charge in [0.15, 0.2) is 0 Å². The molecular weight excluding hydrogens is 150 g/mol. The van der Waals surface area contributed by atoms with Gasteiger partial charge in [0.1, 0.15) is 5.82 Å². The zero-order valence-corrected chi connectivity index (χ0v) is 7.18. The van der Waals surface area contributed by atoms with Crippen LogP contribution in [0.1, 0.15) is 11.4 Å². The van der Waals surface area contributed by atoms with Crippen LogP contribution in [0.2, 0.25) is 0 Å². The number of H-pyrrole nitrogens is 1. The molecular formula is C9H11N3. The van der Waals surface area contributed by atoms with Crippen molar-refractivity contribution in [2.75, 3.05) is 5.73 Å². The van der Waals surface area contributed by atoms with Crippen molar-refractivity contribution in [2.24, 2.45) is 0 Å². The largest absolute Gasteiger partial charge is 0.399 e. The second-order valence-electron chi connectivity index (χ2n) is 3.06. The highest BCUT2D eigenvalue weighted by Crippen LogP contribution is 2.19. The van der Waals surface area contributed by atoms with Crippen molar-refractivity contribution in [3.05, 3.63) is 23.5 Å². The fourth-order valence-corrected chi connectivity index (χ4v) is 1.44. The van der Waals surface area contributed by atoms with Crippen molar-refractivity contribution in [1.82, 2.24) is 9.97 Å². The average Bonchev–Trinajstić information content (AvgIpc) is 2.29. The van der Waals surface area contributed by atoms with Gasteiger partial charge in [0.05, 0.1) is 11.0 Å². The van der Waals surface area contributed by atoms with Crippen LogP contribution < -0.4 is 5.73 Å². The molecule has 0 saturated carbocycles. The van der Waals surface area contributed by atoms with Gasteiger partial charge in [0.25, 0.3) is 0 Å². The highest BCUT2D eigenvalue weighted by atomic mass is 14.9. The lowest BCUT2D eigenvalue weighted by Crippen LogP contribution is -1.86. The Morgan fingerprint density at radius 3 is 2.83 bits per heavy atom.